The van der Waals surface area contributed by atoms with E-state index in [9.17, 15) is 4.79 Å². The Morgan fingerprint density at radius 3 is 2.58 bits per heavy atom. The predicted octanol–water partition coefficient (Wildman–Crippen LogP) is 2.25. The summed E-state index contributed by atoms with van der Waals surface area (Å²) in [6.07, 6.45) is 1.83. The largest absolute Gasteiger partial charge is 0.327 e. The van der Waals surface area contributed by atoms with Crippen LogP contribution < -0.4 is 5.56 Å². The van der Waals surface area contributed by atoms with Crippen molar-refractivity contribution in [3.63, 3.8) is 0 Å². The highest BCUT2D eigenvalue weighted by Crippen LogP contribution is 2.23. The topological polar surface area (TPSA) is 39.8 Å². The molecule has 1 aromatic carbocycles. The second-order valence-electron chi connectivity index (χ2n) is 4.81. The smallest absolute Gasteiger partial charge is 0.253 e. The summed E-state index contributed by atoms with van der Waals surface area (Å²) >= 11 is 0. The van der Waals surface area contributed by atoms with E-state index in [4.69, 9.17) is 0 Å². The van der Waals surface area contributed by atoms with Crippen LogP contribution in [-0.2, 0) is 14.1 Å². The first-order chi connectivity index (χ1) is 9.08. The monoisotopic (exact) mass is 253 g/mol. The molecule has 96 valence electrons. The van der Waals surface area contributed by atoms with Gasteiger partial charge in [-0.25, -0.2) is 4.98 Å². The van der Waals surface area contributed by atoms with Crippen molar-refractivity contribution in [1.82, 2.24) is 14.1 Å². The summed E-state index contributed by atoms with van der Waals surface area (Å²) < 4.78 is 3.65. The molecule has 2 aromatic heterocycles. The van der Waals surface area contributed by atoms with E-state index >= 15 is 0 Å². The van der Waals surface area contributed by atoms with Crippen molar-refractivity contribution < 1.29 is 0 Å². The molecule has 2 heterocycles. The molecule has 0 saturated heterocycles. The van der Waals surface area contributed by atoms with Gasteiger partial charge >= 0.3 is 0 Å². The van der Waals surface area contributed by atoms with E-state index in [-0.39, 0.29) is 5.56 Å². The van der Waals surface area contributed by atoms with Gasteiger partial charge in [-0.15, -0.1) is 0 Å². The quantitative estimate of drug-likeness (QED) is 0.667. The van der Waals surface area contributed by atoms with Crippen LogP contribution in [0.3, 0.4) is 0 Å². The maximum absolute atomic E-state index is 11.7. The molecule has 0 N–H and O–H groups in total. The van der Waals surface area contributed by atoms with Gasteiger partial charge in [0.25, 0.3) is 5.56 Å². The maximum Gasteiger partial charge on any atom is 0.253 e. The van der Waals surface area contributed by atoms with Crippen LogP contribution in [0.4, 0.5) is 0 Å². The number of para-hydroxylation sites is 2. The van der Waals surface area contributed by atoms with Crippen molar-refractivity contribution in [1.29, 1.82) is 0 Å². The van der Waals surface area contributed by atoms with Gasteiger partial charge in [0.2, 0.25) is 0 Å². The molecule has 3 rings (SSSR count). The second kappa shape index (κ2) is 4.09. The highest BCUT2D eigenvalue weighted by Gasteiger charge is 2.11. The molecule has 0 unspecified atom stereocenters. The highest BCUT2D eigenvalue weighted by molar-refractivity contribution is 5.80. The lowest BCUT2D eigenvalue weighted by molar-refractivity contribution is 0.845. The SMILES string of the molecule is Cc1cc(-c2nc3ccccc3n2C)cn(C)c1=O. The third-order valence-corrected chi connectivity index (χ3v) is 3.41. The fourth-order valence-electron chi connectivity index (χ4n) is 2.40. The van der Waals surface area contributed by atoms with Crippen LogP contribution in [0.5, 0.6) is 0 Å². The summed E-state index contributed by atoms with van der Waals surface area (Å²) in [5, 5.41) is 0. The summed E-state index contributed by atoms with van der Waals surface area (Å²) in [5.41, 5.74) is 3.77. The lowest BCUT2D eigenvalue weighted by atomic mass is 10.2. The summed E-state index contributed by atoms with van der Waals surface area (Å²) in [6.45, 7) is 1.83. The van der Waals surface area contributed by atoms with Crippen LogP contribution in [0.2, 0.25) is 0 Å². The molecule has 0 spiro atoms. The van der Waals surface area contributed by atoms with Gasteiger partial charge in [-0.1, -0.05) is 12.1 Å². The van der Waals surface area contributed by atoms with E-state index in [2.05, 4.69) is 9.55 Å². The van der Waals surface area contributed by atoms with Gasteiger partial charge in [-0.3, -0.25) is 4.79 Å². The van der Waals surface area contributed by atoms with Gasteiger partial charge in [-0.05, 0) is 25.1 Å². The van der Waals surface area contributed by atoms with Crippen LogP contribution in [-0.4, -0.2) is 14.1 Å². The Labute approximate surface area is 110 Å². The number of rotatable bonds is 1. The molecule has 0 amide bonds. The molecule has 4 heteroatoms. The normalized spacial score (nSPS) is 11.1. The van der Waals surface area contributed by atoms with Gasteiger partial charge in [0.05, 0.1) is 11.0 Å². The van der Waals surface area contributed by atoms with Crippen molar-refractivity contribution >= 4 is 11.0 Å². The number of fused-ring (bicyclic) bond motifs is 1. The average Bonchev–Trinajstić information content (AvgIpc) is 2.73. The highest BCUT2D eigenvalue weighted by atomic mass is 16.1. The van der Waals surface area contributed by atoms with Crippen LogP contribution in [0.15, 0.2) is 41.3 Å². The predicted molar refractivity (Wildman–Crippen MR) is 76.1 cm³/mol. The first kappa shape index (κ1) is 11.7. The van der Waals surface area contributed by atoms with E-state index in [1.165, 1.54) is 0 Å². The van der Waals surface area contributed by atoms with Gasteiger partial charge in [0.1, 0.15) is 5.82 Å². The minimum atomic E-state index is 0.0301. The molecule has 0 aliphatic carbocycles. The standard InChI is InChI=1S/C15H15N3O/c1-10-8-11(9-17(2)15(10)19)14-16-12-6-4-5-7-13(12)18(14)3/h4-9H,1-3H3. The van der Waals surface area contributed by atoms with E-state index in [1.54, 1.807) is 11.6 Å². The first-order valence-electron chi connectivity index (χ1n) is 6.17. The molecule has 0 aliphatic rings. The molecule has 0 atom stereocenters. The summed E-state index contributed by atoms with van der Waals surface area (Å²) in [6, 6.07) is 9.91. The van der Waals surface area contributed by atoms with Crippen LogP contribution in [0, 0.1) is 6.92 Å². The Balaban J connectivity index is 2.30. The number of aryl methyl sites for hydroxylation is 3. The van der Waals surface area contributed by atoms with E-state index < -0.39 is 0 Å². The number of aromatic nitrogens is 3. The molecule has 4 nitrogen and oxygen atoms in total. The maximum atomic E-state index is 11.7. The Hall–Kier alpha value is -2.36. The van der Waals surface area contributed by atoms with Crippen LogP contribution >= 0.6 is 0 Å². The van der Waals surface area contributed by atoms with Crippen molar-refractivity contribution in [3.8, 4) is 11.4 Å². The number of nitrogens with zero attached hydrogens (tertiary/aromatic N) is 3. The molecule has 0 aliphatic heterocycles. The summed E-state index contributed by atoms with van der Waals surface area (Å²) in [4.78, 5) is 16.4. The van der Waals surface area contributed by atoms with E-state index in [0.717, 1.165) is 28.0 Å². The summed E-state index contributed by atoms with van der Waals surface area (Å²) in [5.74, 6) is 0.875. The van der Waals surface area contributed by atoms with Gasteiger partial charge in [0, 0.05) is 31.4 Å². The number of imidazole rings is 1. The van der Waals surface area contributed by atoms with Crippen molar-refractivity contribution in [2.75, 3.05) is 0 Å². The third kappa shape index (κ3) is 1.76. The lowest BCUT2D eigenvalue weighted by Crippen LogP contribution is -2.18. The lowest BCUT2D eigenvalue weighted by Gasteiger charge is -2.06. The van der Waals surface area contributed by atoms with E-state index in [0.29, 0.717) is 0 Å². The zero-order chi connectivity index (χ0) is 13.6. The number of hydrogen-bond acceptors (Lipinski definition) is 2. The van der Waals surface area contributed by atoms with E-state index in [1.807, 2.05) is 50.5 Å². The molecule has 0 saturated carbocycles. The van der Waals surface area contributed by atoms with Crippen LogP contribution in [0.25, 0.3) is 22.4 Å². The van der Waals surface area contributed by atoms with Crippen molar-refractivity contribution in [2.45, 2.75) is 6.92 Å². The Kier molecular flexibility index (Phi) is 2.52. The Morgan fingerprint density at radius 2 is 1.89 bits per heavy atom. The molecule has 19 heavy (non-hydrogen) atoms. The van der Waals surface area contributed by atoms with Crippen molar-refractivity contribution in [3.05, 3.63) is 52.4 Å². The van der Waals surface area contributed by atoms with Crippen molar-refractivity contribution in [2.24, 2.45) is 14.1 Å². The number of pyridine rings is 1. The molecule has 3 aromatic rings. The Bertz CT molecular complexity index is 801. The third-order valence-electron chi connectivity index (χ3n) is 3.41. The number of hydrogen-bond donors (Lipinski definition) is 0. The second-order valence-corrected chi connectivity index (χ2v) is 4.81. The fourth-order valence-corrected chi connectivity index (χ4v) is 2.40. The molecule has 0 radical (unpaired) electrons. The Morgan fingerprint density at radius 1 is 1.16 bits per heavy atom. The summed E-state index contributed by atoms with van der Waals surface area (Å²) in [7, 11) is 3.76. The minimum Gasteiger partial charge on any atom is -0.327 e. The number of benzene rings is 1. The van der Waals surface area contributed by atoms with Gasteiger partial charge in [-0.2, -0.15) is 0 Å². The minimum absolute atomic E-state index is 0.0301. The van der Waals surface area contributed by atoms with Gasteiger partial charge < -0.3 is 9.13 Å². The molecular weight excluding hydrogens is 238 g/mol. The fraction of sp³-hybridized carbons (Fsp3) is 0.200. The first-order valence-corrected chi connectivity index (χ1v) is 6.17. The van der Waals surface area contributed by atoms with Crippen LogP contribution in [0.1, 0.15) is 5.56 Å². The molecule has 0 fully saturated rings. The molecule has 0 bridgehead atoms. The average molecular weight is 253 g/mol. The molecular formula is C15H15N3O. The zero-order valence-corrected chi connectivity index (χ0v) is 11.2. The zero-order valence-electron chi connectivity index (χ0n) is 11.2. The van der Waals surface area contributed by atoms with Gasteiger partial charge in [0.15, 0.2) is 0 Å².